The number of nitrogen functional groups attached to an aromatic ring is 1. The molecule has 20 heteroatoms. The maximum atomic E-state index is 12.5. The van der Waals surface area contributed by atoms with Crippen LogP contribution in [0.4, 0.5) is 23.4 Å². The second-order valence-corrected chi connectivity index (χ2v) is 8.53. The maximum absolute atomic E-state index is 12.5. The molecule has 6 N–H and O–H groups in total. The number of nitrogens with two attached hydrogens (primary N) is 2. The van der Waals surface area contributed by atoms with Gasteiger partial charge in [0.05, 0.1) is 41.3 Å². The van der Waals surface area contributed by atoms with E-state index in [-0.39, 0.29) is 32.1 Å². The molecule has 0 saturated heterocycles. The van der Waals surface area contributed by atoms with E-state index >= 15 is 0 Å². The Morgan fingerprint density at radius 3 is 1.80 bits per heavy atom. The number of nitriles is 1. The summed E-state index contributed by atoms with van der Waals surface area (Å²) in [7, 11) is 0. The lowest BCUT2D eigenvalue weighted by molar-refractivity contribution is 0.0502. The Kier molecular flexibility index (Phi) is 13.1. The molecule has 0 aromatic carbocycles. The van der Waals surface area contributed by atoms with Gasteiger partial charge < -0.3 is 15.7 Å². The highest BCUT2D eigenvalue weighted by molar-refractivity contribution is 6.32. The van der Waals surface area contributed by atoms with E-state index in [9.17, 15) is 27.2 Å². The summed E-state index contributed by atoms with van der Waals surface area (Å²) in [5.74, 6) is 0.328. The number of fused-ring (bicyclic) bond motifs is 1. The van der Waals surface area contributed by atoms with Crippen molar-refractivity contribution in [1.29, 1.82) is 5.26 Å². The van der Waals surface area contributed by atoms with E-state index in [0.29, 0.717) is 16.9 Å². The summed E-state index contributed by atoms with van der Waals surface area (Å²) in [5, 5.41) is 23.1. The van der Waals surface area contributed by atoms with Crippen LogP contribution in [0.15, 0.2) is 49.1 Å². The lowest BCUT2D eigenvalue weighted by Crippen LogP contribution is -2.11. The van der Waals surface area contributed by atoms with E-state index in [1.165, 1.54) is 6.07 Å². The van der Waals surface area contributed by atoms with Crippen LogP contribution in [0.5, 0.6) is 0 Å². The number of aromatic nitrogens is 6. The van der Waals surface area contributed by atoms with Crippen molar-refractivity contribution < 1.29 is 37.1 Å². The summed E-state index contributed by atoms with van der Waals surface area (Å²) in [6.07, 6.45) is 3.80. The molecule has 0 spiro atoms. The first-order valence-electron chi connectivity index (χ1n) is 11.0. The number of aromatic carboxylic acids is 1. The van der Waals surface area contributed by atoms with Crippen LogP contribution in [-0.2, 0) is 4.84 Å². The summed E-state index contributed by atoms with van der Waals surface area (Å²) in [4.78, 5) is 38.7. The van der Waals surface area contributed by atoms with Gasteiger partial charge >= 0.3 is 11.9 Å². The minimum absolute atomic E-state index is 0.0314. The lowest BCUT2D eigenvalue weighted by Gasteiger charge is -1.99. The Labute approximate surface area is 258 Å². The van der Waals surface area contributed by atoms with Gasteiger partial charge in [-0.05, 0) is 24.3 Å². The molecule has 0 fully saturated rings. The number of aromatic amines is 1. The van der Waals surface area contributed by atoms with Gasteiger partial charge in [0.1, 0.15) is 56.2 Å². The number of pyridine rings is 4. The summed E-state index contributed by atoms with van der Waals surface area (Å²) in [6.45, 7) is 0. The molecule has 228 valence electrons. The van der Waals surface area contributed by atoms with Gasteiger partial charge in [-0.15, -0.1) is 0 Å². The number of carbonyl (C=O) groups excluding carboxylic acids is 1. The van der Waals surface area contributed by atoms with Crippen molar-refractivity contribution in [3.63, 3.8) is 0 Å². The summed E-state index contributed by atoms with van der Waals surface area (Å²) >= 11 is 16.2. The minimum Gasteiger partial charge on any atom is -0.478 e. The van der Waals surface area contributed by atoms with Crippen LogP contribution in [-0.4, -0.2) is 47.2 Å². The van der Waals surface area contributed by atoms with E-state index in [0.717, 1.165) is 43.0 Å². The molecule has 0 atom stereocenters. The minimum atomic E-state index is -1.29. The molecule has 0 amide bonds. The molecule has 0 aliphatic heterocycles. The number of halogens is 7. The molecule has 5 heterocycles. The smallest absolute Gasteiger partial charge is 0.359 e. The molecule has 13 nitrogen and oxygen atoms in total. The first kappa shape index (κ1) is 35.0. The van der Waals surface area contributed by atoms with Crippen LogP contribution in [0.25, 0.3) is 11.0 Å². The maximum Gasteiger partial charge on any atom is 0.359 e. The van der Waals surface area contributed by atoms with Crippen molar-refractivity contribution in [3.8, 4) is 6.07 Å². The highest BCUT2D eigenvalue weighted by atomic mass is 35.5. The SMILES string of the molecule is N#Cc1cc(F)cnc1Cl.NOC(=O)c1cc(F)cnc1Cl.Nc1[nH]nc2ncc(F)cc12.O=C(O)c1cc(F)cnc1Cl. The first-order chi connectivity index (χ1) is 20.8. The summed E-state index contributed by atoms with van der Waals surface area (Å²) in [5.41, 5.74) is 5.39. The number of carboxylic acids is 1. The number of rotatable bonds is 2. The van der Waals surface area contributed by atoms with E-state index < -0.39 is 35.2 Å². The second-order valence-electron chi connectivity index (χ2n) is 7.46. The number of carbonyl (C=O) groups is 2. The van der Waals surface area contributed by atoms with Crippen LogP contribution < -0.4 is 11.6 Å². The summed E-state index contributed by atoms with van der Waals surface area (Å²) in [6, 6.07) is 5.74. The number of anilines is 1. The number of hydrogen-bond donors (Lipinski definition) is 4. The Morgan fingerprint density at radius 1 is 0.818 bits per heavy atom. The number of nitrogens with zero attached hydrogens (tertiary/aromatic N) is 6. The Bertz CT molecular complexity index is 1840. The molecular weight excluding hydrogens is 661 g/mol. The Hall–Kier alpha value is -5.15. The van der Waals surface area contributed by atoms with Gasteiger partial charge in [-0.3, -0.25) is 5.10 Å². The standard InChI is InChI=1S/C6H4ClFN2O2.C6H2ClFN2.C6H3ClFNO2.C6H5FN4/c7-5-4(6(11)12-9)1-3(8)2-10-5;7-6-4(2-9)1-5(8)3-10-6;7-5-4(6(10)11)1-3(8)2-9-5;7-3-1-4-5(8)10-11-6(4)9-2-3/h1-2H,9H2;1,3H;1-2H,(H,10,11);1-2H,(H3,8,9,10,11). The molecular formula is C24H14Cl3F4N9O4. The average molecular weight is 675 g/mol. The third-order valence-electron chi connectivity index (χ3n) is 4.50. The zero-order valence-electron chi connectivity index (χ0n) is 21.3. The van der Waals surface area contributed by atoms with E-state index in [1.807, 2.05) is 0 Å². The van der Waals surface area contributed by atoms with Crippen LogP contribution in [0.1, 0.15) is 26.3 Å². The quantitative estimate of drug-likeness (QED) is 0.112. The molecule has 0 saturated carbocycles. The molecule has 0 radical (unpaired) electrons. The van der Waals surface area contributed by atoms with Crippen molar-refractivity contribution in [2.24, 2.45) is 5.90 Å². The fourth-order valence-electron chi connectivity index (χ4n) is 2.60. The van der Waals surface area contributed by atoms with Crippen LogP contribution >= 0.6 is 34.8 Å². The number of carboxylic acid groups (broad SMARTS) is 1. The highest BCUT2D eigenvalue weighted by Crippen LogP contribution is 2.16. The van der Waals surface area contributed by atoms with Crippen LogP contribution in [0, 0.1) is 34.6 Å². The Balaban J connectivity index is 0.000000205. The van der Waals surface area contributed by atoms with Gasteiger partial charge in [0, 0.05) is 0 Å². The Morgan fingerprint density at radius 2 is 1.30 bits per heavy atom. The third kappa shape index (κ3) is 10.3. The zero-order chi connectivity index (χ0) is 33.0. The number of H-pyrrole nitrogens is 1. The van der Waals surface area contributed by atoms with Gasteiger partial charge in [0.15, 0.2) is 5.65 Å². The predicted octanol–water partition coefficient (Wildman–Crippen LogP) is 4.90. The van der Waals surface area contributed by atoms with Crippen molar-refractivity contribution in [2.45, 2.75) is 0 Å². The predicted molar refractivity (Wildman–Crippen MR) is 147 cm³/mol. The summed E-state index contributed by atoms with van der Waals surface area (Å²) < 4.78 is 49.6. The van der Waals surface area contributed by atoms with Gasteiger partial charge in [-0.2, -0.15) is 16.3 Å². The fourth-order valence-corrected chi connectivity index (χ4v) is 3.11. The second kappa shape index (κ2) is 16.5. The van der Waals surface area contributed by atoms with E-state index in [4.69, 9.17) is 50.9 Å². The van der Waals surface area contributed by atoms with Crippen molar-refractivity contribution in [2.75, 3.05) is 5.73 Å². The van der Waals surface area contributed by atoms with Crippen molar-refractivity contribution in [3.05, 3.63) is 104 Å². The third-order valence-corrected chi connectivity index (χ3v) is 5.40. The van der Waals surface area contributed by atoms with Gasteiger partial charge in [-0.1, -0.05) is 34.8 Å². The van der Waals surface area contributed by atoms with E-state index in [2.05, 4.69) is 40.9 Å². The monoisotopic (exact) mass is 673 g/mol. The molecule has 5 aromatic heterocycles. The fraction of sp³-hybridized carbons (Fsp3) is 0. The van der Waals surface area contributed by atoms with Crippen LogP contribution in [0.3, 0.4) is 0 Å². The van der Waals surface area contributed by atoms with Gasteiger partial charge in [-0.25, -0.2) is 47.1 Å². The number of nitrogens with one attached hydrogen (secondary N) is 1. The zero-order valence-corrected chi connectivity index (χ0v) is 23.5. The van der Waals surface area contributed by atoms with Crippen LogP contribution in [0.2, 0.25) is 15.5 Å². The largest absolute Gasteiger partial charge is 0.478 e. The molecule has 0 aliphatic rings. The molecule has 0 bridgehead atoms. The molecule has 44 heavy (non-hydrogen) atoms. The normalized spacial score (nSPS) is 9.70. The molecule has 5 rings (SSSR count). The molecule has 0 aliphatic carbocycles. The number of hydrogen-bond acceptors (Lipinski definition) is 11. The molecule has 5 aromatic rings. The lowest BCUT2D eigenvalue weighted by atomic mass is 10.3. The van der Waals surface area contributed by atoms with E-state index in [1.54, 1.807) is 6.07 Å². The first-order valence-corrected chi connectivity index (χ1v) is 12.1. The van der Waals surface area contributed by atoms with Crippen molar-refractivity contribution >= 4 is 63.6 Å². The van der Waals surface area contributed by atoms with Crippen molar-refractivity contribution in [1.82, 2.24) is 30.1 Å². The molecule has 0 unspecified atom stereocenters. The van der Waals surface area contributed by atoms with Gasteiger partial charge in [0.2, 0.25) is 0 Å². The topological polar surface area (TPSA) is 220 Å². The van der Waals surface area contributed by atoms with Gasteiger partial charge in [0.25, 0.3) is 0 Å². The average Bonchev–Trinajstić information content (AvgIpc) is 3.36. The highest BCUT2D eigenvalue weighted by Gasteiger charge is 2.13.